The molecule has 2 nitrogen and oxygen atoms in total. The Kier molecular flexibility index (Phi) is 3.55. The number of thiazole rings is 1. The van der Waals surface area contributed by atoms with E-state index < -0.39 is 28.9 Å². The zero-order valence-electron chi connectivity index (χ0n) is 9.21. The van der Waals surface area contributed by atoms with Gasteiger partial charge in [-0.1, -0.05) is 0 Å². The van der Waals surface area contributed by atoms with E-state index in [1.165, 1.54) is 0 Å². The van der Waals surface area contributed by atoms with Crippen molar-refractivity contribution in [2.45, 2.75) is 12.2 Å². The van der Waals surface area contributed by atoms with Gasteiger partial charge in [-0.3, -0.25) is 0 Å². The number of nitrogens with two attached hydrogens (primary N) is 1. The van der Waals surface area contributed by atoms with Crippen LogP contribution in [0.4, 0.5) is 22.0 Å². The zero-order valence-corrected chi connectivity index (χ0v) is 10.0. The first-order chi connectivity index (χ1) is 8.77. The van der Waals surface area contributed by atoms with Crippen molar-refractivity contribution in [2.24, 2.45) is 5.73 Å². The van der Waals surface area contributed by atoms with Crippen LogP contribution in [0, 0.1) is 11.6 Å². The van der Waals surface area contributed by atoms with Crippen molar-refractivity contribution in [2.75, 3.05) is 0 Å². The standard InChI is InChI=1S/C11H7F5N2S/c12-6-1-5(2-7(13)3-6)9(17)8-4-18-10(19-8)11(14,15)16/h1-4,9H,17H2. The maximum atomic E-state index is 13.0. The number of aromatic nitrogens is 1. The van der Waals surface area contributed by atoms with Gasteiger partial charge in [0.15, 0.2) is 5.01 Å². The van der Waals surface area contributed by atoms with Crippen molar-refractivity contribution in [1.29, 1.82) is 0 Å². The van der Waals surface area contributed by atoms with Crippen LogP contribution in [0.25, 0.3) is 0 Å². The average molecular weight is 294 g/mol. The molecule has 1 unspecified atom stereocenters. The highest BCUT2D eigenvalue weighted by Crippen LogP contribution is 2.35. The normalized spacial score (nSPS) is 13.6. The van der Waals surface area contributed by atoms with Gasteiger partial charge < -0.3 is 5.73 Å². The smallest absolute Gasteiger partial charge is 0.320 e. The zero-order chi connectivity index (χ0) is 14.2. The molecular weight excluding hydrogens is 287 g/mol. The third kappa shape index (κ3) is 3.07. The molecule has 0 spiro atoms. The van der Waals surface area contributed by atoms with E-state index in [0.717, 1.165) is 18.3 Å². The van der Waals surface area contributed by atoms with E-state index in [9.17, 15) is 22.0 Å². The average Bonchev–Trinajstić information content (AvgIpc) is 2.75. The summed E-state index contributed by atoms with van der Waals surface area (Å²) in [4.78, 5) is 3.29. The number of nitrogens with zero attached hydrogens (tertiary/aromatic N) is 1. The Hall–Kier alpha value is -1.54. The summed E-state index contributed by atoms with van der Waals surface area (Å²) in [6, 6.07) is 1.55. The van der Waals surface area contributed by atoms with Gasteiger partial charge in [-0.25, -0.2) is 13.8 Å². The molecule has 0 radical (unpaired) electrons. The Morgan fingerprint density at radius 3 is 2.16 bits per heavy atom. The Bertz CT molecular complexity index is 573. The lowest BCUT2D eigenvalue weighted by molar-refractivity contribution is -0.137. The summed E-state index contributed by atoms with van der Waals surface area (Å²) in [5.74, 6) is -1.68. The molecule has 1 aromatic carbocycles. The topological polar surface area (TPSA) is 38.9 Å². The van der Waals surface area contributed by atoms with E-state index in [1.807, 2.05) is 0 Å². The van der Waals surface area contributed by atoms with Gasteiger partial charge in [0.05, 0.1) is 6.04 Å². The molecule has 1 aromatic heterocycles. The van der Waals surface area contributed by atoms with E-state index in [2.05, 4.69) is 4.98 Å². The predicted octanol–water partition coefficient (Wildman–Crippen LogP) is 3.49. The van der Waals surface area contributed by atoms with Crippen LogP contribution in [-0.4, -0.2) is 4.98 Å². The summed E-state index contributed by atoms with van der Waals surface area (Å²) in [6.45, 7) is 0. The van der Waals surface area contributed by atoms with Gasteiger partial charge in [0, 0.05) is 17.1 Å². The molecule has 8 heteroatoms. The van der Waals surface area contributed by atoms with E-state index in [4.69, 9.17) is 5.73 Å². The molecule has 1 atom stereocenters. The molecule has 0 aliphatic carbocycles. The van der Waals surface area contributed by atoms with Gasteiger partial charge in [-0.2, -0.15) is 13.2 Å². The first-order valence-electron chi connectivity index (χ1n) is 5.02. The molecule has 0 bridgehead atoms. The van der Waals surface area contributed by atoms with Gasteiger partial charge in [-0.15, -0.1) is 11.3 Å². The van der Waals surface area contributed by atoms with Crippen molar-refractivity contribution in [3.8, 4) is 0 Å². The minimum atomic E-state index is -4.56. The van der Waals surface area contributed by atoms with Crippen molar-refractivity contribution in [3.63, 3.8) is 0 Å². The minimum absolute atomic E-state index is 0.0508. The fourth-order valence-electron chi connectivity index (χ4n) is 1.48. The van der Waals surface area contributed by atoms with Gasteiger partial charge in [-0.05, 0) is 17.7 Å². The van der Waals surface area contributed by atoms with Crippen LogP contribution in [0.3, 0.4) is 0 Å². The predicted molar refractivity (Wildman–Crippen MR) is 59.5 cm³/mol. The van der Waals surface area contributed by atoms with E-state index >= 15 is 0 Å². The molecule has 0 aliphatic rings. The highest BCUT2D eigenvalue weighted by Gasteiger charge is 2.35. The SMILES string of the molecule is NC(c1cc(F)cc(F)c1)c1cnc(C(F)(F)F)s1. The van der Waals surface area contributed by atoms with Crippen LogP contribution in [0.5, 0.6) is 0 Å². The first kappa shape index (κ1) is 13.9. The van der Waals surface area contributed by atoms with E-state index in [-0.39, 0.29) is 10.4 Å². The first-order valence-corrected chi connectivity index (χ1v) is 5.83. The molecule has 2 N–H and O–H groups in total. The van der Waals surface area contributed by atoms with Crippen molar-refractivity contribution in [1.82, 2.24) is 4.98 Å². The summed E-state index contributed by atoms with van der Waals surface area (Å²) in [6.07, 6.45) is -3.60. The van der Waals surface area contributed by atoms with E-state index in [0.29, 0.717) is 17.4 Å². The summed E-state index contributed by atoms with van der Waals surface area (Å²) in [5.41, 5.74) is 5.73. The maximum Gasteiger partial charge on any atom is 0.443 e. The molecule has 19 heavy (non-hydrogen) atoms. The van der Waals surface area contributed by atoms with Crippen molar-refractivity contribution >= 4 is 11.3 Å². The fraction of sp³-hybridized carbons (Fsp3) is 0.182. The summed E-state index contributed by atoms with van der Waals surface area (Å²) >= 11 is 0.348. The quantitative estimate of drug-likeness (QED) is 0.861. The van der Waals surface area contributed by atoms with E-state index in [1.54, 1.807) is 0 Å². The highest BCUT2D eigenvalue weighted by molar-refractivity contribution is 7.11. The second kappa shape index (κ2) is 4.86. The number of halogens is 5. The number of rotatable bonds is 2. The Morgan fingerprint density at radius 1 is 1.11 bits per heavy atom. The number of alkyl halides is 3. The number of benzene rings is 1. The van der Waals surface area contributed by atoms with Gasteiger partial charge >= 0.3 is 6.18 Å². The molecular formula is C11H7F5N2S. The molecule has 102 valence electrons. The lowest BCUT2D eigenvalue weighted by atomic mass is 10.1. The molecule has 0 aliphatic heterocycles. The monoisotopic (exact) mass is 294 g/mol. The number of hydrogen-bond donors (Lipinski definition) is 1. The molecule has 2 rings (SSSR count). The summed E-state index contributed by atoms with van der Waals surface area (Å²) in [5, 5.41) is -1.05. The Morgan fingerprint density at radius 2 is 1.68 bits per heavy atom. The van der Waals surface area contributed by atoms with Gasteiger partial charge in [0.25, 0.3) is 0 Å². The molecule has 0 saturated heterocycles. The minimum Gasteiger partial charge on any atom is -0.320 e. The van der Waals surface area contributed by atoms with Crippen LogP contribution in [0.1, 0.15) is 21.5 Å². The van der Waals surface area contributed by atoms with Crippen LogP contribution in [0.15, 0.2) is 24.4 Å². The van der Waals surface area contributed by atoms with Crippen molar-refractivity contribution < 1.29 is 22.0 Å². The second-order valence-electron chi connectivity index (χ2n) is 3.75. The Balaban J connectivity index is 2.33. The van der Waals surface area contributed by atoms with Crippen LogP contribution < -0.4 is 5.73 Å². The van der Waals surface area contributed by atoms with Gasteiger partial charge in [0.2, 0.25) is 0 Å². The molecule has 2 aromatic rings. The Labute approximate surface area is 108 Å². The second-order valence-corrected chi connectivity index (χ2v) is 4.81. The molecule has 0 saturated carbocycles. The summed E-state index contributed by atoms with van der Waals surface area (Å²) in [7, 11) is 0. The third-order valence-electron chi connectivity index (χ3n) is 2.32. The highest BCUT2D eigenvalue weighted by atomic mass is 32.1. The lowest BCUT2D eigenvalue weighted by Crippen LogP contribution is -2.11. The molecule has 0 amide bonds. The lowest BCUT2D eigenvalue weighted by Gasteiger charge is -2.09. The van der Waals surface area contributed by atoms with Crippen molar-refractivity contribution in [3.05, 3.63) is 51.5 Å². The molecule has 1 heterocycles. The largest absolute Gasteiger partial charge is 0.443 e. The fourth-order valence-corrected chi connectivity index (χ4v) is 2.29. The summed E-state index contributed by atoms with van der Waals surface area (Å²) < 4.78 is 63.2. The van der Waals surface area contributed by atoms with Crippen LogP contribution >= 0.6 is 11.3 Å². The maximum absolute atomic E-state index is 13.0. The third-order valence-corrected chi connectivity index (χ3v) is 3.44. The molecule has 0 fully saturated rings. The number of hydrogen-bond acceptors (Lipinski definition) is 3. The van der Waals surface area contributed by atoms with Crippen LogP contribution in [0.2, 0.25) is 0 Å². The van der Waals surface area contributed by atoms with Crippen LogP contribution in [-0.2, 0) is 6.18 Å². The van der Waals surface area contributed by atoms with Gasteiger partial charge in [0.1, 0.15) is 11.6 Å².